The molecule has 0 spiro atoms. The fraction of sp³-hybridized carbons (Fsp3) is 0. The second-order valence-electron chi connectivity index (χ2n) is 0.283. The Kier molecular flexibility index (Phi) is 24.4. The van der Waals surface area contributed by atoms with Crippen LogP contribution in [0.25, 0.3) is 0 Å². The van der Waals surface area contributed by atoms with E-state index in [9.17, 15) is 0 Å². The molecule has 6 heavy (non-hydrogen) atoms. The molecule has 0 aliphatic carbocycles. The van der Waals surface area contributed by atoms with Crippen LogP contribution in [-0.4, -0.2) is 18.8 Å². The number of hydrogen-bond acceptors (Lipinski definition) is 1. The molecule has 1 unspecified atom stereocenters. The molecule has 3 nitrogen and oxygen atoms in total. The largest absolute Gasteiger partial charge is 0.761 e. The van der Waals surface area contributed by atoms with Crippen molar-refractivity contribution in [2.75, 3.05) is 0 Å². The van der Waals surface area contributed by atoms with Gasteiger partial charge in [0.2, 0.25) is 0 Å². The first-order valence-corrected chi connectivity index (χ1v) is 1.95. The van der Waals surface area contributed by atoms with Crippen LogP contribution in [0.15, 0.2) is 0 Å². The zero-order valence-corrected chi connectivity index (χ0v) is 8.60. The molecule has 0 bridgehead atoms. The monoisotopic (exact) mass is 176 g/mol. The van der Waals surface area contributed by atoms with Gasteiger partial charge in [0.1, 0.15) is 0 Å². The van der Waals surface area contributed by atoms with Crippen molar-refractivity contribution in [1.82, 2.24) is 0 Å². The van der Waals surface area contributed by atoms with Gasteiger partial charge in [-0.25, -0.2) is 0 Å². The van der Waals surface area contributed by atoms with Gasteiger partial charge in [0, 0.05) is 19.5 Å². The van der Waals surface area contributed by atoms with Gasteiger partial charge in [0.25, 0.3) is 0 Å². The number of hydrogen-bond donors (Lipinski definition) is 2. The summed E-state index contributed by atoms with van der Waals surface area (Å²) < 4.78 is 8.74. The smallest absolute Gasteiger partial charge is 0.511 e. The number of rotatable bonds is 0. The predicted molar refractivity (Wildman–Crippen MR) is 22.0 cm³/mol. The topological polar surface area (TPSA) is 57.5 Å². The molecule has 1 atom stereocenters. The molecule has 0 aromatic carbocycles. The van der Waals surface area contributed by atoms with E-state index >= 15 is 0 Å². The average Bonchev–Trinajstić information content (AvgIpc) is 0.811. The van der Waals surface area contributed by atoms with Crippen LogP contribution in [0.5, 0.6) is 0 Å². The van der Waals surface area contributed by atoms with E-state index < -0.39 is 9.17 Å². The normalized spacial score (nSPS) is 4.00. The van der Waals surface area contributed by atoms with E-state index in [1.165, 1.54) is 0 Å². The molecule has 0 aliphatic heterocycles. The molecule has 6 heteroatoms. The molecule has 0 fully saturated rings. The standard InChI is InChI=1S/H2O3Si.H3P.Zn/c1-4(2)3;;/h1-2H;1H3;. The Labute approximate surface area is 53.0 Å². The van der Waals surface area contributed by atoms with Gasteiger partial charge in [0.05, 0.1) is 0 Å². The van der Waals surface area contributed by atoms with Gasteiger partial charge in [-0.1, -0.05) is 0 Å². The molecule has 0 radical (unpaired) electrons. The van der Waals surface area contributed by atoms with Gasteiger partial charge in [-0.15, -0.1) is 0 Å². The minimum Gasteiger partial charge on any atom is -0.511 e. The predicted octanol–water partition coefficient (Wildman–Crippen LogP) is -1.56. The van der Waals surface area contributed by atoms with Crippen LogP contribution in [0, 0.1) is 0 Å². The van der Waals surface area contributed by atoms with Crippen molar-refractivity contribution in [1.29, 1.82) is 0 Å². The molecular formula is H5O3PSiZn. The van der Waals surface area contributed by atoms with Crippen molar-refractivity contribution in [3.05, 3.63) is 0 Å². The van der Waals surface area contributed by atoms with Crippen molar-refractivity contribution in [2.45, 2.75) is 0 Å². The minimum absolute atomic E-state index is 0. The summed E-state index contributed by atoms with van der Waals surface area (Å²) in [6.07, 6.45) is 0. The Morgan fingerprint density at radius 2 is 1.33 bits per heavy atom. The maximum absolute atomic E-state index is 8.74. The van der Waals surface area contributed by atoms with Crippen LogP contribution < -0.4 is 0 Å². The first kappa shape index (κ1) is 15.9. The second-order valence-corrected chi connectivity index (χ2v) is 0.848. The summed E-state index contributed by atoms with van der Waals surface area (Å²) in [5.41, 5.74) is 0. The molecular weight excluding hydrogens is 172 g/mol. The Morgan fingerprint density at radius 3 is 1.33 bits per heavy atom. The molecule has 0 aliphatic rings. The second kappa shape index (κ2) is 9.18. The molecule has 0 rings (SSSR count). The van der Waals surface area contributed by atoms with Crippen LogP contribution in [0.3, 0.4) is 0 Å². The van der Waals surface area contributed by atoms with E-state index in [0.29, 0.717) is 0 Å². The molecule has 0 amide bonds. The van der Waals surface area contributed by atoms with Crippen LogP contribution in [-0.2, 0) is 23.9 Å². The fourth-order valence-corrected chi connectivity index (χ4v) is 0. The molecule has 0 saturated carbocycles. The molecule has 0 heterocycles. The van der Waals surface area contributed by atoms with Crippen LogP contribution >= 0.6 is 9.90 Å². The zero-order valence-electron chi connectivity index (χ0n) is 3.22. The summed E-state index contributed by atoms with van der Waals surface area (Å²) in [7, 11) is -3.13. The van der Waals surface area contributed by atoms with Gasteiger partial charge in [0.15, 0.2) is 0 Å². The van der Waals surface area contributed by atoms with Crippen molar-refractivity contribution < 1.29 is 33.5 Å². The van der Waals surface area contributed by atoms with E-state index in [2.05, 4.69) is 0 Å². The van der Waals surface area contributed by atoms with Crippen molar-refractivity contribution >= 4 is 19.1 Å². The molecule has 2 N–H and O–H groups in total. The third-order valence-electron chi connectivity index (χ3n) is 0. The van der Waals surface area contributed by atoms with Gasteiger partial charge in [-0.05, 0) is 0 Å². The van der Waals surface area contributed by atoms with E-state index in [-0.39, 0.29) is 29.4 Å². The Morgan fingerprint density at radius 1 is 1.33 bits per heavy atom. The average molecular weight is 177 g/mol. The van der Waals surface area contributed by atoms with Gasteiger partial charge in [-0.2, -0.15) is 9.90 Å². The maximum atomic E-state index is 8.74. The first-order valence-electron chi connectivity index (χ1n) is 0.651. The molecule has 0 aromatic heterocycles. The van der Waals surface area contributed by atoms with E-state index in [1.807, 2.05) is 0 Å². The quantitative estimate of drug-likeness (QED) is 0.348. The molecule has 34 valence electrons. The third kappa shape index (κ3) is 140. The Bertz CT molecular complexity index is 33.8. The molecule has 0 saturated heterocycles. The van der Waals surface area contributed by atoms with Crippen molar-refractivity contribution in [2.24, 2.45) is 0 Å². The Balaban J connectivity index is -0.0000000450. The van der Waals surface area contributed by atoms with Crippen LogP contribution in [0.4, 0.5) is 0 Å². The minimum atomic E-state index is -3.13. The fourth-order valence-electron chi connectivity index (χ4n) is 0. The van der Waals surface area contributed by atoms with Crippen LogP contribution in [0.2, 0.25) is 0 Å². The maximum Gasteiger partial charge on any atom is 0.761 e. The Hall–Kier alpha value is 0.670. The summed E-state index contributed by atoms with van der Waals surface area (Å²) >= 11 is 0. The summed E-state index contributed by atoms with van der Waals surface area (Å²) in [6.45, 7) is 0. The summed E-state index contributed by atoms with van der Waals surface area (Å²) in [4.78, 5) is 14.3. The van der Waals surface area contributed by atoms with Gasteiger partial charge < -0.3 is 9.59 Å². The van der Waals surface area contributed by atoms with Crippen LogP contribution in [0.1, 0.15) is 0 Å². The summed E-state index contributed by atoms with van der Waals surface area (Å²) in [5.74, 6) is 0. The van der Waals surface area contributed by atoms with Crippen molar-refractivity contribution in [3.63, 3.8) is 0 Å². The van der Waals surface area contributed by atoms with E-state index in [4.69, 9.17) is 14.1 Å². The van der Waals surface area contributed by atoms with Crippen molar-refractivity contribution in [3.8, 4) is 0 Å². The summed E-state index contributed by atoms with van der Waals surface area (Å²) in [6, 6.07) is 0. The SMILES string of the molecule is O=[Si](O)O.P.[Zn]. The van der Waals surface area contributed by atoms with E-state index in [0.717, 1.165) is 0 Å². The zero-order chi connectivity index (χ0) is 3.58. The first-order chi connectivity index (χ1) is 1.73. The van der Waals surface area contributed by atoms with E-state index in [1.54, 1.807) is 0 Å². The third-order valence-corrected chi connectivity index (χ3v) is 0. The van der Waals surface area contributed by atoms with Gasteiger partial charge >= 0.3 is 9.17 Å². The van der Waals surface area contributed by atoms with Gasteiger partial charge in [-0.3, -0.25) is 4.46 Å². The molecule has 0 aromatic rings. The summed E-state index contributed by atoms with van der Waals surface area (Å²) in [5, 5.41) is 0.